The molecule has 0 spiro atoms. The van der Waals surface area contributed by atoms with Crippen LogP contribution >= 0.6 is 0 Å². The van der Waals surface area contributed by atoms with Crippen molar-refractivity contribution < 1.29 is 19.4 Å². The summed E-state index contributed by atoms with van der Waals surface area (Å²) >= 11 is 0. The Bertz CT molecular complexity index is 570. The molecule has 24 heavy (non-hydrogen) atoms. The largest absolute Gasteiger partial charge is 0.497 e. The van der Waals surface area contributed by atoms with Crippen molar-refractivity contribution >= 4 is 11.9 Å². The standard InChI is InChI=1S/C19H29NO4/c1-6-14(13(2)3)10-17(21)20-19(4,12-18(22)23)15-8-7-9-16(11-15)24-5/h7-9,11,13-14H,6,10,12H2,1-5H3,(H,20,21)(H,22,23). The highest BCUT2D eigenvalue weighted by atomic mass is 16.5. The van der Waals surface area contributed by atoms with E-state index in [-0.39, 0.29) is 18.2 Å². The highest BCUT2D eigenvalue weighted by Gasteiger charge is 2.32. The molecule has 134 valence electrons. The molecule has 0 aliphatic carbocycles. The summed E-state index contributed by atoms with van der Waals surface area (Å²) in [6.07, 6.45) is 1.12. The fourth-order valence-electron chi connectivity index (χ4n) is 2.94. The highest BCUT2D eigenvalue weighted by Crippen LogP contribution is 2.29. The molecule has 0 aliphatic rings. The summed E-state index contributed by atoms with van der Waals surface area (Å²) in [6.45, 7) is 8.00. The van der Waals surface area contributed by atoms with Gasteiger partial charge in [-0.05, 0) is 36.5 Å². The van der Waals surface area contributed by atoms with Gasteiger partial charge in [0.15, 0.2) is 0 Å². The first-order valence-electron chi connectivity index (χ1n) is 8.39. The number of nitrogens with one attached hydrogen (secondary N) is 1. The van der Waals surface area contributed by atoms with Gasteiger partial charge in [-0.1, -0.05) is 39.3 Å². The molecule has 0 aliphatic heterocycles. The van der Waals surface area contributed by atoms with Crippen molar-refractivity contribution in [1.82, 2.24) is 5.32 Å². The van der Waals surface area contributed by atoms with Gasteiger partial charge in [-0.2, -0.15) is 0 Å². The molecule has 5 heteroatoms. The Morgan fingerprint density at radius 3 is 2.50 bits per heavy atom. The van der Waals surface area contributed by atoms with Crippen LogP contribution in [0.5, 0.6) is 5.75 Å². The van der Waals surface area contributed by atoms with Crippen LogP contribution < -0.4 is 10.1 Å². The minimum atomic E-state index is -0.979. The Kier molecular flexibility index (Phi) is 7.26. The lowest BCUT2D eigenvalue weighted by Gasteiger charge is -2.31. The summed E-state index contributed by atoms with van der Waals surface area (Å²) in [5.41, 5.74) is -0.262. The molecule has 1 aromatic rings. The van der Waals surface area contributed by atoms with Gasteiger partial charge < -0.3 is 15.2 Å². The molecular weight excluding hydrogens is 306 g/mol. The maximum atomic E-state index is 12.5. The number of benzene rings is 1. The van der Waals surface area contributed by atoms with Crippen LogP contribution in [0.25, 0.3) is 0 Å². The van der Waals surface area contributed by atoms with E-state index in [0.717, 1.165) is 12.0 Å². The van der Waals surface area contributed by atoms with Gasteiger partial charge in [0.05, 0.1) is 19.1 Å². The number of hydrogen-bond donors (Lipinski definition) is 2. The summed E-state index contributed by atoms with van der Waals surface area (Å²) in [5.74, 6) is 0.235. The molecule has 0 saturated heterocycles. The van der Waals surface area contributed by atoms with Crippen molar-refractivity contribution in [3.8, 4) is 5.75 Å². The zero-order valence-corrected chi connectivity index (χ0v) is 15.3. The van der Waals surface area contributed by atoms with E-state index in [0.29, 0.717) is 18.1 Å². The maximum absolute atomic E-state index is 12.5. The number of rotatable bonds is 9. The van der Waals surface area contributed by atoms with Crippen molar-refractivity contribution in [3.63, 3.8) is 0 Å². The molecule has 1 aromatic carbocycles. The Morgan fingerprint density at radius 2 is 2.00 bits per heavy atom. The topological polar surface area (TPSA) is 75.6 Å². The summed E-state index contributed by atoms with van der Waals surface area (Å²) in [7, 11) is 1.56. The van der Waals surface area contributed by atoms with Gasteiger partial charge in [0.25, 0.3) is 0 Å². The van der Waals surface area contributed by atoms with Crippen LogP contribution in [-0.2, 0) is 15.1 Å². The van der Waals surface area contributed by atoms with E-state index in [2.05, 4.69) is 26.1 Å². The van der Waals surface area contributed by atoms with Crippen LogP contribution in [0.15, 0.2) is 24.3 Å². The quantitative estimate of drug-likeness (QED) is 0.723. The average molecular weight is 335 g/mol. The smallest absolute Gasteiger partial charge is 0.306 e. The Hall–Kier alpha value is -2.04. The van der Waals surface area contributed by atoms with E-state index in [1.165, 1.54) is 0 Å². The van der Waals surface area contributed by atoms with Gasteiger partial charge in [0.1, 0.15) is 5.75 Å². The SMILES string of the molecule is CCC(CC(=O)NC(C)(CC(=O)O)c1cccc(OC)c1)C(C)C. The molecular formula is C19H29NO4. The minimum Gasteiger partial charge on any atom is -0.497 e. The van der Waals surface area contributed by atoms with E-state index < -0.39 is 11.5 Å². The average Bonchev–Trinajstić information content (AvgIpc) is 2.51. The number of ether oxygens (including phenoxy) is 1. The van der Waals surface area contributed by atoms with Crippen LogP contribution in [-0.4, -0.2) is 24.1 Å². The van der Waals surface area contributed by atoms with E-state index in [1.807, 2.05) is 6.07 Å². The Balaban J connectivity index is 3.03. The predicted molar refractivity (Wildman–Crippen MR) is 94.0 cm³/mol. The lowest BCUT2D eigenvalue weighted by molar-refractivity contribution is -0.139. The number of hydrogen-bond acceptors (Lipinski definition) is 3. The molecule has 0 bridgehead atoms. The van der Waals surface area contributed by atoms with Gasteiger partial charge in [-0.15, -0.1) is 0 Å². The molecule has 1 amide bonds. The third-order valence-corrected chi connectivity index (χ3v) is 4.54. The van der Waals surface area contributed by atoms with Crippen LogP contribution in [0, 0.1) is 11.8 Å². The zero-order valence-electron chi connectivity index (χ0n) is 15.3. The second-order valence-corrected chi connectivity index (χ2v) is 6.80. The summed E-state index contributed by atoms with van der Waals surface area (Å²) in [6, 6.07) is 7.16. The monoisotopic (exact) mass is 335 g/mol. The molecule has 0 fully saturated rings. The molecule has 0 heterocycles. The first-order chi connectivity index (χ1) is 11.2. The van der Waals surface area contributed by atoms with Crippen molar-refractivity contribution in [2.75, 3.05) is 7.11 Å². The lowest BCUT2D eigenvalue weighted by Crippen LogP contribution is -2.45. The predicted octanol–water partition coefficient (Wildman–Crippen LogP) is 3.57. The Labute approximate surface area is 144 Å². The number of methoxy groups -OCH3 is 1. The van der Waals surface area contributed by atoms with Crippen LogP contribution in [0.4, 0.5) is 0 Å². The van der Waals surface area contributed by atoms with Crippen LogP contribution in [0.1, 0.15) is 52.5 Å². The number of aliphatic carboxylic acids is 1. The first kappa shape index (κ1) is 20.0. The second-order valence-electron chi connectivity index (χ2n) is 6.80. The van der Waals surface area contributed by atoms with Gasteiger partial charge in [0.2, 0.25) is 5.91 Å². The van der Waals surface area contributed by atoms with Gasteiger partial charge in [-0.3, -0.25) is 9.59 Å². The fraction of sp³-hybridized carbons (Fsp3) is 0.579. The second kappa shape index (κ2) is 8.71. The highest BCUT2D eigenvalue weighted by molar-refractivity contribution is 5.79. The van der Waals surface area contributed by atoms with Crippen LogP contribution in [0.3, 0.4) is 0 Å². The molecule has 2 N–H and O–H groups in total. The van der Waals surface area contributed by atoms with Crippen molar-refractivity contribution in [2.45, 2.75) is 52.5 Å². The van der Waals surface area contributed by atoms with E-state index >= 15 is 0 Å². The number of carboxylic acid groups (broad SMARTS) is 1. The lowest BCUT2D eigenvalue weighted by atomic mass is 9.86. The van der Waals surface area contributed by atoms with E-state index in [4.69, 9.17) is 4.74 Å². The number of carbonyl (C=O) groups excluding carboxylic acids is 1. The zero-order chi connectivity index (χ0) is 18.3. The first-order valence-corrected chi connectivity index (χ1v) is 8.39. The number of carboxylic acids is 1. The molecule has 5 nitrogen and oxygen atoms in total. The summed E-state index contributed by atoms with van der Waals surface area (Å²) in [5, 5.41) is 12.2. The van der Waals surface area contributed by atoms with Crippen LogP contribution in [0.2, 0.25) is 0 Å². The Morgan fingerprint density at radius 1 is 1.33 bits per heavy atom. The summed E-state index contributed by atoms with van der Waals surface area (Å²) < 4.78 is 5.21. The van der Waals surface area contributed by atoms with Gasteiger partial charge in [0, 0.05) is 6.42 Å². The molecule has 2 unspecified atom stereocenters. The molecule has 0 radical (unpaired) electrons. The van der Waals surface area contributed by atoms with Gasteiger partial charge >= 0.3 is 5.97 Å². The molecule has 1 rings (SSSR count). The third-order valence-electron chi connectivity index (χ3n) is 4.54. The van der Waals surface area contributed by atoms with Crippen molar-refractivity contribution in [3.05, 3.63) is 29.8 Å². The number of carbonyl (C=O) groups is 2. The van der Waals surface area contributed by atoms with Crippen molar-refractivity contribution in [2.24, 2.45) is 11.8 Å². The van der Waals surface area contributed by atoms with Crippen molar-refractivity contribution in [1.29, 1.82) is 0 Å². The maximum Gasteiger partial charge on any atom is 0.306 e. The number of amides is 1. The minimum absolute atomic E-state index is 0.123. The normalized spacial score (nSPS) is 14.8. The van der Waals surface area contributed by atoms with Gasteiger partial charge in [-0.25, -0.2) is 0 Å². The summed E-state index contributed by atoms with van der Waals surface area (Å²) in [4.78, 5) is 23.8. The molecule has 2 atom stereocenters. The molecule has 0 aromatic heterocycles. The van der Waals surface area contributed by atoms with E-state index in [1.54, 1.807) is 32.2 Å². The third kappa shape index (κ3) is 5.55. The fourth-order valence-corrected chi connectivity index (χ4v) is 2.94. The van der Waals surface area contributed by atoms with E-state index in [9.17, 15) is 14.7 Å². The molecule has 0 saturated carbocycles.